The standard InChI is InChI=1S/C22H14N2O2/c25-21-19(15-9-3-1-4-10-15)20(16-11-5-2-6-12-16)23-22-24(21)17-13-7-8-14-18(17)26-22/h1-14H. The molecule has 0 unspecified atom stereocenters. The van der Waals surface area contributed by atoms with Crippen LogP contribution in [0.25, 0.3) is 39.3 Å². The molecule has 0 aliphatic rings. The fourth-order valence-electron chi connectivity index (χ4n) is 3.28. The van der Waals surface area contributed by atoms with Crippen LogP contribution in [0.5, 0.6) is 0 Å². The van der Waals surface area contributed by atoms with Gasteiger partial charge in [0.1, 0.15) is 0 Å². The van der Waals surface area contributed by atoms with Crippen molar-refractivity contribution in [3.05, 3.63) is 95.3 Å². The van der Waals surface area contributed by atoms with Gasteiger partial charge in [-0.2, -0.15) is 4.98 Å². The Morgan fingerprint density at radius 2 is 1.35 bits per heavy atom. The van der Waals surface area contributed by atoms with Crippen molar-refractivity contribution in [2.75, 3.05) is 0 Å². The highest BCUT2D eigenvalue weighted by Crippen LogP contribution is 2.29. The van der Waals surface area contributed by atoms with Crippen molar-refractivity contribution in [1.82, 2.24) is 9.38 Å². The summed E-state index contributed by atoms with van der Waals surface area (Å²) in [6, 6.07) is 26.8. The van der Waals surface area contributed by atoms with Gasteiger partial charge in [-0.3, -0.25) is 4.79 Å². The number of hydrogen-bond acceptors (Lipinski definition) is 3. The maximum Gasteiger partial charge on any atom is 0.310 e. The number of benzene rings is 3. The minimum Gasteiger partial charge on any atom is -0.423 e. The number of rotatable bonds is 2. The summed E-state index contributed by atoms with van der Waals surface area (Å²) in [6.07, 6.45) is 0. The molecule has 3 aromatic carbocycles. The van der Waals surface area contributed by atoms with Crippen molar-refractivity contribution in [1.29, 1.82) is 0 Å². The molecule has 0 saturated carbocycles. The maximum atomic E-state index is 13.5. The van der Waals surface area contributed by atoms with Gasteiger partial charge in [0.15, 0.2) is 5.58 Å². The zero-order valence-electron chi connectivity index (χ0n) is 13.8. The first-order chi connectivity index (χ1) is 12.8. The lowest BCUT2D eigenvalue weighted by atomic mass is 10.0. The monoisotopic (exact) mass is 338 g/mol. The zero-order chi connectivity index (χ0) is 17.5. The van der Waals surface area contributed by atoms with Crippen molar-refractivity contribution >= 4 is 16.9 Å². The van der Waals surface area contributed by atoms with E-state index in [1.165, 1.54) is 0 Å². The van der Waals surface area contributed by atoms with E-state index in [4.69, 9.17) is 9.40 Å². The summed E-state index contributed by atoms with van der Waals surface area (Å²) in [4.78, 5) is 18.2. The van der Waals surface area contributed by atoms with Crippen LogP contribution in [0, 0.1) is 0 Å². The van der Waals surface area contributed by atoms with Crippen molar-refractivity contribution in [3.8, 4) is 22.4 Å². The van der Waals surface area contributed by atoms with Gasteiger partial charge < -0.3 is 4.42 Å². The molecule has 5 aromatic rings. The second-order valence-electron chi connectivity index (χ2n) is 6.06. The van der Waals surface area contributed by atoms with Gasteiger partial charge in [-0.15, -0.1) is 0 Å². The van der Waals surface area contributed by atoms with Gasteiger partial charge >= 0.3 is 5.84 Å². The van der Waals surface area contributed by atoms with Crippen LogP contribution in [0.2, 0.25) is 0 Å². The molecule has 5 rings (SSSR count). The largest absolute Gasteiger partial charge is 0.423 e. The Balaban J connectivity index is 1.97. The van der Waals surface area contributed by atoms with Crippen LogP contribution in [-0.4, -0.2) is 9.38 Å². The second kappa shape index (κ2) is 5.70. The van der Waals surface area contributed by atoms with Gasteiger partial charge in [0.2, 0.25) is 0 Å². The lowest BCUT2D eigenvalue weighted by Gasteiger charge is -2.09. The first-order valence-electron chi connectivity index (χ1n) is 8.38. The molecule has 0 aliphatic carbocycles. The molecule has 0 aliphatic heterocycles. The third-order valence-electron chi connectivity index (χ3n) is 4.47. The molecule has 4 nitrogen and oxygen atoms in total. The average Bonchev–Trinajstić information content (AvgIpc) is 3.08. The van der Waals surface area contributed by atoms with E-state index >= 15 is 0 Å². The second-order valence-corrected chi connectivity index (χ2v) is 6.06. The summed E-state index contributed by atoms with van der Waals surface area (Å²) in [5.74, 6) is 0.301. The van der Waals surface area contributed by atoms with E-state index in [1.807, 2.05) is 84.9 Å². The van der Waals surface area contributed by atoms with E-state index < -0.39 is 0 Å². The third kappa shape index (κ3) is 2.16. The van der Waals surface area contributed by atoms with Crippen LogP contribution < -0.4 is 5.56 Å². The van der Waals surface area contributed by atoms with Crippen molar-refractivity contribution in [3.63, 3.8) is 0 Å². The Labute approximate surface area is 149 Å². The Hall–Kier alpha value is -3.66. The Morgan fingerprint density at radius 3 is 2.08 bits per heavy atom. The SMILES string of the molecule is O=c1c(-c2ccccc2)c(-c2ccccc2)nc2oc3ccccc3n12. The van der Waals surface area contributed by atoms with Gasteiger partial charge in [0, 0.05) is 5.56 Å². The first kappa shape index (κ1) is 14.7. The van der Waals surface area contributed by atoms with Gasteiger partial charge in [0.05, 0.1) is 16.8 Å². The highest BCUT2D eigenvalue weighted by Gasteiger charge is 2.19. The molecule has 0 spiro atoms. The van der Waals surface area contributed by atoms with Gasteiger partial charge in [0.25, 0.3) is 5.56 Å². The average molecular weight is 338 g/mol. The van der Waals surface area contributed by atoms with E-state index in [-0.39, 0.29) is 5.56 Å². The molecule has 0 bridgehead atoms. The molecule has 0 amide bonds. The molecule has 0 radical (unpaired) electrons. The number of nitrogens with zero attached hydrogens (tertiary/aromatic N) is 2. The van der Waals surface area contributed by atoms with E-state index in [0.717, 1.165) is 16.6 Å². The molecule has 2 heterocycles. The fraction of sp³-hybridized carbons (Fsp3) is 0. The predicted octanol–water partition coefficient (Wildman–Crippen LogP) is 4.77. The molecule has 124 valence electrons. The molecular weight excluding hydrogens is 324 g/mol. The lowest BCUT2D eigenvalue weighted by molar-refractivity contribution is 0.635. The Morgan fingerprint density at radius 1 is 0.731 bits per heavy atom. The van der Waals surface area contributed by atoms with Crippen LogP contribution >= 0.6 is 0 Å². The molecular formula is C22H14N2O2. The molecule has 0 N–H and O–H groups in total. The quantitative estimate of drug-likeness (QED) is 0.465. The highest BCUT2D eigenvalue weighted by molar-refractivity contribution is 5.84. The van der Waals surface area contributed by atoms with Crippen molar-refractivity contribution < 1.29 is 4.42 Å². The number of oxazole rings is 1. The summed E-state index contributed by atoms with van der Waals surface area (Å²) >= 11 is 0. The van der Waals surface area contributed by atoms with E-state index in [9.17, 15) is 4.79 Å². The highest BCUT2D eigenvalue weighted by atomic mass is 16.4. The fourth-order valence-corrected chi connectivity index (χ4v) is 3.28. The predicted molar refractivity (Wildman–Crippen MR) is 102 cm³/mol. The van der Waals surface area contributed by atoms with Crippen LogP contribution in [0.1, 0.15) is 0 Å². The normalized spacial score (nSPS) is 11.2. The van der Waals surface area contributed by atoms with Crippen molar-refractivity contribution in [2.45, 2.75) is 0 Å². The topological polar surface area (TPSA) is 47.5 Å². The molecule has 0 saturated heterocycles. The van der Waals surface area contributed by atoms with Crippen LogP contribution in [0.3, 0.4) is 0 Å². The summed E-state index contributed by atoms with van der Waals surface area (Å²) in [7, 11) is 0. The Kier molecular flexibility index (Phi) is 3.22. The number of fused-ring (bicyclic) bond motifs is 3. The summed E-state index contributed by atoms with van der Waals surface area (Å²) < 4.78 is 7.38. The van der Waals surface area contributed by atoms with Crippen molar-refractivity contribution in [2.24, 2.45) is 0 Å². The molecule has 0 fully saturated rings. The molecule has 4 heteroatoms. The summed E-state index contributed by atoms with van der Waals surface area (Å²) in [6.45, 7) is 0. The van der Waals surface area contributed by atoms with E-state index in [2.05, 4.69) is 0 Å². The van der Waals surface area contributed by atoms with Crippen LogP contribution in [0.4, 0.5) is 0 Å². The van der Waals surface area contributed by atoms with Crippen LogP contribution in [0.15, 0.2) is 94.1 Å². The van der Waals surface area contributed by atoms with Gasteiger partial charge in [-0.05, 0) is 17.7 Å². The first-order valence-corrected chi connectivity index (χ1v) is 8.38. The van der Waals surface area contributed by atoms with Gasteiger partial charge in [-0.1, -0.05) is 72.8 Å². The van der Waals surface area contributed by atoms with Crippen LogP contribution in [-0.2, 0) is 0 Å². The third-order valence-corrected chi connectivity index (χ3v) is 4.47. The molecule has 2 aromatic heterocycles. The summed E-state index contributed by atoms with van der Waals surface area (Å²) in [5, 5.41) is 0. The smallest absolute Gasteiger partial charge is 0.310 e. The minimum absolute atomic E-state index is 0.134. The minimum atomic E-state index is -0.134. The Bertz CT molecular complexity index is 1290. The summed E-state index contributed by atoms with van der Waals surface area (Å²) in [5.41, 5.74) is 4.14. The maximum absolute atomic E-state index is 13.5. The number of aromatic nitrogens is 2. The zero-order valence-corrected chi connectivity index (χ0v) is 13.8. The van der Waals surface area contributed by atoms with E-state index in [0.29, 0.717) is 22.7 Å². The number of hydrogen-bond donors (Lipinski definition) is 0. The lowest BCUT2D eigenvalue weighted by Crippen LogP contribution is -2.17. The molecule has 26 heavy (non-hydrogen) atoms. The van der Waals surface area contributed by atoms with Gasteiger partial charge in [-0.25, -0.2) is 4.40 Å². The van der Waals surface area contributed by atoms with E-state index in [1.54, 1.807) is 4.40 Å². The number of para-hydroxylation sites is 2. The molecule has 0 atom stereocenters.